The van der Waals surface area contributed by atoms with Crippen LogP contribution in [0.4, 0.5) is 0 Å². The van der Waals surface area contributed by atoms with Gasteiger partial charge in [0.1, 0.15) is 0 Å². The van der Waals surface area contributed by atoms with Crippen molar-refractivity contribution in [2.75, 3.05) is 14.1 Å². The van der Waals surface area contributed by atoms with Crippen LogP contribution in [0.3, 0.4) is 0 Å². The number of carbonyl (C=O) groups is 2. The highest BCUT2D eigenvalue weighted by molar-refractivity contribution is 5.95. The third kappa shape index (κ3) is 4.42. The summed E-state index contributed by atoms with van der Waals surface area (Å²) < 4.78 is 0. The van der Waals surface area contributed by atoms with Gasteiger partial charge in [-0.2, -0.15) is 0 Å². The van der Waals surface area contributed by atoms with Gasteiger partial charge in [0.2, 0.25) is 0 Å². The summed E-state index contributed by atoms with van der Waals surface area (Å²) in [5.74, 6) is -0.158. The molecule has 0 bridgehead atoms. The van der Waals surface area contributed by atoms with Gasteiger partial charge in [-0.1, -0.05) is 54.6 Å². The van der Waals surface area contributed by atoms with E-state index in [0.717, 1.165) is 16.7 Å². The summed E-state index contributed by atoms with van der Waals surface area (Å²) in [7, 11) is 3.38. The van der Waals surface area contributed by atoms with Crippen molar-refractivity contribution in [2.45, 2.75) is 6.54 Å². The van der Waals surface area contributed by atoms with Crippen molar-refractivity contribution in [3.05, 3.63) is 95.6 Å². The van der Waals surface area contributed by atoms with Crippen molar-refractivity contribution < 1.29 is 9.59 Å². The lowest BCUT2D eigenvalue weighted by Crippen LogP contribution is -2.26. The number of nitrogens with zero attached hydrogens (tertiary/aromatic N) is 1. The van der Waals surface area contributed by atoms with Gasteiger partial charge in [-0.3, -0.25) is 9.59 Å². The van der Waals surface area contributed by atoms with Gasteiger partial charge in [0.15, 0.2) is 0 Å². The van der Waals surface area contributed by atoms with E-state index in [2.05, 4.69) is 5.32 Å². The molecule has 0 saturated heterocycles. The highest BCUT2D eigenvalue weighted by atomic mass is 16.2. The molecule has 0 fully saturated rings. The number of benzene rings is 3. The van der Waals surface area contributed by atoms with Crippen LogP contribution in [0.15, 0.2) is 78.9 Å². The molecule has 1 N–H and O–H groups in total. The van der Waals surface area contributed by atoms with Gasteiger partial charge >= 0.3 is 0 Å². The average Bonchev–Trinajstić information content (AvgIpc) is 2.74. The number of hydrogen-bond acceptors (Lipinski definition) is 2. The monoisotopic (exact) mass is 358 g/mol. The Morgan fingerprint density at radius 1 is 0.778 bits per heavy atom. The molecule has 0 aromatic heterocycles. The molecular formula is C23H22N2O2. The zero-order chi connectivity index (χ0) is 19.2. The first-order chi connectivity index (χ1) is 13.1. The number of nitrogens with one attached hydrogen (secondary N) is 1. The molecule has 4 heteroatoms. The van der Waals surface area contributed by atoms with E-state index in [1.54, 1.807) is 31.1 Å². The Morgan fingerprint density at radius 2 is 1.33 bits per heavy atom. The molecular weight excluding hydrogens is 336 g/mol. The maximum Gasteiger partial charge on any atom is 0.253 e. The van der Waals surface area contributed by atoms with Crippen molar-refractivity contribution in [3.63, 3.8) is 0 Å². The minimum atomic E-state index is -0.121. The van der Waals surface area contributed by atoms with Crippen LogP contribution in [0.5, 0.6) is 0 Å². The molecule has 0 aliphatic rings. The fourth-order valence-corrected chi connectivity index (χ4v) is 2.91. The molecule has 3 aromatic rings. The Hall–Kier alpha value is -3.40. The van der Waals surface area contributed by atoms with E-state index in [0.29, 0.717) is 17.7 Å². The van der Waals surface area contributed by atoms with E-state index in [1.807, 2.05) is 66.7 Å². The summed E-state index contributed by atoms with van der Waals surface area (Å²) in [6.07, 6.45) is 0. The van der Waals surface area contributed by atoms with Crippen LogP contribution in [-0.2, 0) is 6.54 Å². The largest absolute Gasteiger partial charge is 0.355 e. The zero-order valence-corrected chi connectivity index (χ0v) is 15.5. The molecule has 0 aliphatic carbocycles. The standard InChI is InChI=1S/C23H22N2O2/c1-24-22(26)20-10-8-17(9-11-20)16-25(2)23(27)21-14-12-19(13-15-21)18-6-4-3-5-7-18/h3-15H,16H2,1-2H3,(H,24,26). The molecule has 0 spiro atoms. The molecule has 27 heavy (non-hydrogen) atoms. The first-order valence-electron chi connectivity index (χ1n) is 8.80. The second-order valence-electron chi connectivity index (χ2n) is 6.38. The number of rotatable bonds is 5. The molecule has 0 radical (unpaired) electrons. The Morgan fingerprint density at radius 3 is 1.93 bits per heavy atom. The van der Waals surface area contributed by atoms with Crippen LogP contribution in [0.25, 0.3) is 11.1 Å². The summed E-state index contributed by atoms with van der Waals surface area (Å²) in [4.78, 5) is 25.9. The topological polar surface area (TPSA) is 49.4 Å². The number of hydrogen-bond donors (Lipinski definition) is 1. The normalized spacial score (nSPS) is 10.3. The molecule has 0 aliphatic heterocycles. The lowest BCUT2D eigenvalue weighted by molar-refractivity contribution is 0.0784. The highest BCUT2D eigenvalue weighted by Gasteiger charge is 2.12. The smallest absolute Gasteiger partial charge is 0.253 e. The van der Waals surface area contributed by atoms with Gasteiger partial charge in [0.05, 0.1) is 0 Å². The van der Waals surface area contributed by atoms with E-state index in [4.69, 9.17) is 0 Å². The molecule has 0 unspecified atom stereocenters. The van der Waals surface area contributed by atoms with Crippen molar-refractivity contribution >= 4 is 11.8 Å². The van der Waals surface area contributed by atoms with Crippen LogP contribution in [0.2, 0.25) is 0 Å². The first kappa shape index (κ1) is 18.4. The van der Waals surface area contributed by atoms with Crippen LogP contribution in [0.1, 0.15) is 26.3 Å². The van der Waals surface area contributed by atoms with Crippen LogP contribution < -0.4 is 5.32 Å². The summed E-state index contributed by atoms with van der Waals surface area (Å²) in [6, 6.07) is 25.0. The van der Waals surface area contributed by atoms with E-state index < -0.39 is 0 Å². The number of amides is 2. The maximum absolute atomic E-state index is 12.7. The van der Waals surface area contributed by atoms with Crippen molar-refractivity contribution in [3.8, 4) is 11.1 Å². The van der Waals surface area contributed by atoms with Crippen molar-refractivity contribution in [2.24, 2.45) is 0 Å². The molecule has 3 aromatic carbocycles. The Kier molecular flexibility index (Phi) is 5.67. The third-order valence-electron chi connectivity index (χ3n) is 4.45. The van der Waals surface area contributed by atoms with Gasteiger partial charge in [0.25, 0.3) is 11.8 Å². The van der Waals surface area contributed by atoms with Gasteiger partial charge in [-0.25, -0.2) is 0 Å². The predicted molar refractivity (Wildman–Crippen MR) is 108 cm³/mol. The van der Waals surface area contributed by atoms with Crippen LogP contribution in [-0.4, -0.2) is 30.8 Å². The predicted octanol–water partition coefficient (Wildman–Crippen LogP) is 3.99. The molecule has 0 heterocycles. The molecule has 136 valence electrons. The molecule has 0 atom stereocenters. The molecule has 2 amide bonds. The third-order valence-corrected chi connectivity index (χ3v) is 4.45. The van der Waals surface area contributed by atoms with E-state index >= 15 is 0 Å². The van der Waals surface area contributed by atoms with E-state index in [1.165, 1.54) is 0 Å². The summed E-state index contributed by atoms with van der Waals surface area (Å²) in [5, 5.41) is 2.59. The first-order valence-corrected chi connectivity index (χ1v) is 8.80. The van der Waals surface area contributed by atoms with Crippen LogP contribution >= 0.6 is 0 Å². The fourth-order valence-electron chi connectivity index (χ4n) is 2.91. The minimum Gasteiger partial charge on any atom is -0.355 e. The maximum atomic E-state index is 12.7. The summed E-state index contributed by atoms with van der Waals surface area (Å²) in [6.45, 7) is 0.479. The quantitative estimate of drug-likeness (QED) is 0.750. The Balaban J connectivity index is 1.67. The molecule has 4 nitrogen and oxygen atoms in total. The van der Waals surface area contributed by atoms with Gasteiger partial charge in [0, 0.05) is 31.8 Å². The van der Waals surface area contributed by atoms with Crippen molar-refractivity contribution in [1.82, 2.24) is 10.2 Å². The SMILES string of the molecule is CNC(=O)c1ccc(CN(C)C(=O)c2ccc(-c3ccccc3)cc2)cc1. The second-order valence-corrected chi connectivity index (χ2v) is 6.38. The van der Waals surface area contributed by atoms with Gasteiger partial charge < -0.3 is 10.2 Å². The molecule has 0 saturated carbocycles. The summed E-state index contributed by atoms with van der Waals surface area (Å²) >= 11 is 0. The fraction of sp³-hybridized carbons (Fsp3) is 0.130. The Labute approximate surface area is 159 Å². The van der Waals surface area contributed by atoms with Gasteiger partial charge in [-0.05, 0) is 41.0 Å². The zero-order valence-electron chi connectivity index (χ0n) is 15.5. The average molecular weight is 358 g/mol. The molecule has 3 rings (SSSR count). The lowest BCUT2D eigenvalue weighted by atomic mass is 10.0. The van der Waals surface area contributed by atoms with Gasteiger partial charge in [-0.15, -0.1) is 0 Å². The van der Waals surface area contributed by atoms with Crippen molar-refractivity contribution in [1.29, 1.82) is 0 Å². The second kappa shape index (κ2) is 8.32. The Bertz CT molecular complexity index is 917. The van der Waals surface area contributed by atoms with E-state index in [9.17, 15) is 9.59 Å². The lowest BCUT2D eigenvalue weighted by Gasteiger charge is -2.18. The number of carbonyl (C=O) groups excluding carboxylic acids is 2. The van der Waals surface area contributed by atoms with E-state index in [-0.39, 0.29) is 11.8 Å². The highest BCUT2D eigenvalue weighted by Crippen LogP contribution is 2.20. The van der Waals surface area contributed by atoms with Crippen LogP contribution in [0, 0.1) is 0 Å². The summed E-state index contributed by atoms with van der Waals surface area (Å²) in [5.41, 5.74) is 4.44. The minimum absolute atomic E-state index is 0.0370.